The highest BCUT2D eigenvalue weighted by atomic mass is 16.2. The number of benzene rings is 1. The van der Waals surface area contributed by atoms with Crippen LogP contribution in [0.15, 0.2) is 60.0 Å². The molecule has 0 saturated carbocycles. The lowest BCUT2D eigenvalue weighted by molar-refractivity contribution is 0.0951. The average Bonchev–Trinajstić information content (AvgIpc) is 3.22. The van der Waals surface area contributed by atoms with Gasteiger partial charge in [-0.2, -0.15) is 0 Å². The van der Waals surface area contributed by atoms with Crippen molar-refractivity contribution in [3.05, 3.63) is 82.3 Å². The summed E-state index contributed by atoms with van der Waals surface area (Å²) < 4.78 is 3.29. The minimum atomic E-state index is -0.507. The molecule has 150 valence electrons. The Hall–Kier alpha value is -3.68. The van der Waals surface area contributed by atoms with Crippen molar-refractivity contribution in [2.45, 2.75) is 19.9 Å². The Kier molecular flexibility index (Phi) is 6.23. The molecule has 0 aliphatic rings. The molecular formula is C21H23N5O3. The van der Waals surface area contributed by atoms with Gasteiger partial charge in [-0.05, 0) is 43.2 Å². The highest BCUT2D eigenvalue weighted by Crippen LogP contribution is 2.17. The molecule has 0 aliphatic carbocycles. The second-order valence-corrected chi connectivity index (χ2v) is 6.73. The molecule has 2 heterocycles. The Labute approximate surface area is 168 Å². The number of imidazole rings is 1. The van der Waals surface area contributed by atoms with E-state index in [1.54, 1.807) is 50.0 Å². The molecule has 1 aromatic carbocycles. The number of amides is 2. The zero-order valence-electron chi connectivity index (χ0n) is 16.4. The van der Waals surface area contributed by atoms with Gasteiger partial charge in [0.2, 0.25) is 0 Å². The topological polar surface area (TPSA) is 98.0 Å². The summed E-state index contributed by atoms with van der Waals surface area (Å²) in [4.78, 5) is 41.0. The third-order valence-electron chi connectivity index (χ3n) is 4.55. The van der Waals surface area contributed by atoms with E-state index in [9.17, 15) is 14.4 Å². The van der Waals surface area contributed by atoms with E-state index in [0.29, 0.717) is 17.8 Å². The van der Waals surface area contributed by atoms with Crippen LogP contribution in [0.5, 0.6) is 0 Å². The van der Waals surface area contributed by atoms with Crippen LogP contribution in [0.1, 0.15) is 32.7 Å². The van der Waals surface area contributed by atoms with Gasteiger partial charge >= 0.3 is 0 Å². The number of pyridine rings is 1. The van der Waals surface area contributed by atoms with E-state index in [-0.39, 0.29) is 17.0 Å². The highest BCUT2D eigenvalue weighted by Gasteiger charge is 2.14. The zero-order chi connectivity index (χ0) is 20.8. The zero-order valence-corrected chi connectivity index (χ0v) is 16.4. The second-order valence-electron chi connectivity index (χ2n) is 6.73. The summed E-state index contributed by atoms with van der Waals surface area (Å²) in [5.41, 5.74) is 1.39. The summed E-state index contributed by atoms with van der Waals surface area (Å²) >= 11 is 0. The molecule has 0 spiro atoms. The van der Waals surface area contributed by atoms with Crippen LogP contribution in [-0.4, -0.2) is 32.5 Å². The van der Waals surface area contributed by atoms with Crippen molar-refractivity contribution < 1.29 is 9.59 Å². The third-order valence-corrected chi connectivity index (χ3v) is 4.55. The minimum absolute atomic E-state index is 0.0451. The predicted molar refractivity (Wildman–Crippen MR) is 110 cm³/mol. The highest BCUT2D eigenvalue weighted by molar-refractivity contribution is 6.05. The number of hydrogen-bond donors (Lipinski definition) is 2. The van der Waals surface area contributed by atoms with Crippen molar-refractivity contribution in [3.63, 3.8) is 0 Å². The number of nitrogens with one attached hydrogen (secondary N) is 2. The fourth-order valence-corrected chi connectivity index (χ4v) is 2.84. The summed E-state index contributed by atoms with van der Waals surface area (Å²) in [6.07, 6.45) is 7.68. The number of hydrogen-bond acceptors (Lipinski definition) is 4. The molecule has 8 heteroatoms. The monoisotopic (exact) mass is 393 g/mol. The first-order valence-corrected chi connectivity index (χ1v) is 9.27. The lowest BCUT2D eigenvalue weighted by Gasteiger charge is -2.11. The maximum absolute atomic E-state index is 12.5. The number of rotatable bonds is 7. The molecule has 0 unspecified atom stereocenters. The Balaban J connectivity index is 1.64. The molecule has 2 aromatic heterocycles. The van der Waals surface area contributed by atoms with Crippen LogP contribution in [0.25, 0.3) is 0 Å². The number of anilines is 1. The van der Waals surface area contributed by atoms with Gasteiger partial charge in [-0.15, -0.1) is 0 Å². The van der Waals surface area contributed by atoms with Crippen molar-refractivity contribution in [1.29, 1.82) is 0 Å². The van der Waals surface area contributed by atoms with Gasteiger partial charge in [0.1, 0.15) is 5.56 Å². The van der Waals surface area contributed by atoms with Crippen LogP contribution >= 0.6 is 0 Å². The first-order chi connectivity index (χ1) is 14.0. The van der Waals surface area contributed by atoms with E-state index in [2.05, 4.69) is 15.6 Å². The van der Waals surface area contributed by atoms with Crippen molar-refractivity contribution in [2.75, 3.05) is 11.9 Å². The second kappa shape index (κ2) is 9.01. The number of aromatic nitrogens is 3. The lowest BCUT2D eigenvalue weighted by atomic mass is 10.1. The van der Waals surface area contributed by atoms with Crippen LogP contribution in [-0.2, 0) is 13.6 Å². The molecule has 0 bridgehead atoms. The Morgan fingerprint density at radius 1 is 1.14 bits per heavy atom. The van der Waals surface area contributed by atoms with Crippen LogP contribution in [0, 0.1) is 6.92 Å². The predicted octanol–water partition coefficient (Wildman–Crippen LogP) is 1.96. The van der Waals surface area contributed by atoms with Crippen LogP contribution < -0.4 is 16.2 Å². The molecule has 0 radical (unpaired) electrons. The lowest BCUT2D eigenvalue weighted by Crippen LogP contribution is -2.27. The summed E-state index contributed by atoms with van der Waals surface area (Å²) in [5, 5.41) is 5.60. The van der Waals surface area contributed by atoms with Gasteiger partial charge in [0.25, 0.3) is 17.4 Å². The average molecular weight is 393 g/mol. The Bertz CT molecular complexity index is 1070. The standard InChI is InChI=1S/C21H23N5O3/c1-15-6-7-16(19(27)23-8-4-11-26-12-9-22-14-26)13-18(15)24-20(28)17-5-3-10-25(2)21(17)29/h3,5-7,9-10,12-14H,4,8,11H2,1-2H3,(H,23,27)(H,24,28). The number of aryl methyl sites for hydroxylation is 3. The maximum Gasteiger partial charge on any atom is 0.263 e. The van der Waals surface area contributed by atoms with E-state index < -0.39 is 5.91 Å². The number of carbonyl (C=O) groups is 2. The molecule has 0 fully saturated rings. The van der Waals surface area contributed by atoms with Crippen molar-refractivity contribution in [2.24, 2.45) is 7.05 Å². The first-order valence-electron chi connectivity index (χ1n) is 9.27. The van der Waals surface area contributed by atoms with Gasteiger partial charge < -0.3 is 19.8 Å². The molecule has 3 aromatic rings. The summed E-state index contributed by atoms with van der Waals surface area (Å²) in [5.74, 6) is -0.728. The Morgan fingerprint density at radius 3 is 2.72 bits per heavy atom. The number of nitrogens with zero attached hydrogens (tertiary/aromatic N) is 3. The van der Waals surface area contributed by atoms with Crippen molar-refractivity contribution in [3.8, 4) is 0 Å². The normalized spacial score (nSPS) is 10.6. The fraction of sp³-hybridized carbons (Fsp3) is 0.238. The molecule has 29 heavy (non-hydrogen) atoms. The van der Waals surface area contributed by atoms with Crippen molar-refractivity contribution in [1.82, 2.24) is 19.4 Å². The van der Waals surface area contributed by atoms with Gasteiger partial charge in [-0.1, -0.05) is 6.07 Å². The van der Waals surface area contributed by atoms with E-state index in [4.69, 9.17) is 0 Å². The maximum atomic E-state index is 12.5. The molecular weight excluding hydrogens is 370 g/mol. The number of carbonyl (C=O) groups excluding carboxylic acids is 2. The minimum Gasteiger partial charge on any atom is -0.352 e. The van der Waals surface area contributed by atoms with E-state index in [0.717, 1.165) is 18.5 Å². The van der Waals surface area contributed by atoms with E-state index >= 15 is 0 Å². The van der Waals surface area contributed by atoms with Crippen LogP contribution in [0.2, 0.25) is 0 Å². The first kappa shape index (κ1) is 20.1. The summed E-state index contributed by atoms with van der Waals surface area (Å²) in [6, 6.07) is 8.20. The van der Waals surface area contributed by atoms with Crippen molar-refractivity contribution >= 4 is 17.5 Å². The molecule has 0 atom stereocenters. The van der Waals surface area contributed by atoms with Gasteiger partial charge in [-0.3, -0.25) is 14.4 Å². The summed E-state index contributed by atoms with van der Waals surface area (Å²) in [6.45, 7) is 3.11. The molecule has 8 nitrogen and oxygen atoms in total. The Morgan fingerprint density at radius 2 is 1.97 bits per heavy atom. The molecule has 2 amide bonds. The SMILES string of the molecule is Cc1ccc(C(=O)NCCCn2ccnc2)cc1NC(=O)c1cccn(C)c1=O. The van der Waals surface area contributed by atoms with Gasteiger partial charge in [0, 0.05) is 50.0 Å². The molecule has 0 aliphatic heterocycles. The largest absolute Gasteiger partial charge is 0.352 e. The van der Waals surface area contributed by atoms with Gasteiger partial charge in [0.15, 0.2) is 0 Å². The van der Waals surface area contributed by atoms with Gasteiger partial charge in [-0.25, -0.2) is 4.98 Å². The molecule has 0 saturated heterocycles. The smallest absolute Gasteiger partial charge is 0.263 e. The van der Waals surface area contributed by atoms with Crippen LogP contribution in [0.3, 0.4) is 0 Å². The molecule has 3 rings (SSSR count). The van der Waals surface area contributed by atoms with Crippen LogP contribution in [0.4, 0.5) is 5.69 Å². The van der Waals surface area contributed by atoms with E-state index in [1.807, 2.05) is 17.7 Å². The third kappa shape index (κ3) is 4.98. The molecule has 2 N–H and O–H groups in total. The van der Waals surface area contributed by atoms with Gasteiger partial charge in [0.05, 0.1) is 6.33 Å². The quantitative estimate of drug-likeness (QED) is 0.600. The summed E-state index contributed by atoms with van der Waals surface area (Å²) in [7, 11) is 1.59. The fourth-order valence-electron chi connectivity index (χ4n) is 2.84. The van der Waals surface area contributed by atoms with E-state index in [1.165, 1.54) is 10.6 Å².